The lowest BCUT2D eigenvalue weighted by Gasteiger charge is -2.44. The highest BCUT2D eigenvalue weighted by Gasteiger charge is 2.42. The Morgan fingerprint density at radius 2 is 2.22 bits per heavy atom. The van der Waals surface area contributed by atoms with Gasteiger partial charge in [0.1, 0.15) is 11.4 Å². The van der Waals surface area contributed by atoms with Crippen LogP contribution in [0.15, 0.2) is 17.6 Å². The van der Waals surface area contributed by atoms with Crippen LogP contribution in [0.3, 0.4) is 0 Å². The second-order valence-corrected chi connectivity index (χ2v) is 7.76. The van der Waals surface area contributed by atoms with E-state index in [4.69, 9.17) is 21.3 Å². The molecule has 0 unspecified atom stereocenters. The Morgan fingerprint density at radius 1 is 1.39 bits per heavy atom. The Hall–Kier alpha value is -1.01. The number of fused-ring (bicyclic) bond motifs is 2. The molecule has 0 amide bonds. The van der Waals surface area contributed by atoms with Crippen molar-refractivity contribution >= 4 is 22.9 Å². The molecule has 2 aromatic rings. The van der Waals surface area contributed by atoms with Crippen molar-refractivity contribution < 1.29 is 4.74 Å². The molecule has 0 atom stereocenters. The predicted octanol–water partition coefficient (Wildman–Crippen LogP) is 3.56. The van der Waals surface area contributed by atoms with Gasteiger partial charge in [-0.25, -0.2) is 9.97 Å². The standard InChI is InChI=1S/C17H20ClN3OS/c1-12-19-10-13-2-8-22-17(16(13)20-12)4-6-21(7-5-17)11-15-14(18)3-9-23-15/h3,9-10H,2,4-8,11H2,1H3. The third-order valence-corrected chi connectivity index (χ3v) is 6.26. The van der Waals surface area contributed by atoms with E-state index in [1.807, 2.05) is 19.2 Å². The molecule has 2 aromatic heterocycles. The first-order chi connectivity index (χ1) is 11.2. The first-order valence-electron chi connectivity index (χ1n) is 8.07. The maximum atomic E-state index is 6.25. The first kappa shape index (κ1) is 15.5. The van der Waals surface area contributed by atoms with Crippen molar-refractivity contribution in [2.45, 2.75) is 38.3 Å². The topological polar surface area (TPSA) is 38.2 Å². The van der Waals surface area contributed by atoms with Crippen LogP contribution >= 0.6 is 22.9 Å². The van der Waals surface area contributed by atoms with Crippen molar-refractivity contribution in [1.82, 2.24) is 14.9 Å². The van der Waals surface area contributed by atoms with Crippen LogP contribution in [0.4, 0.5) is 0 Å². The van der Waals surface area contributed by atoms with E-state index >= 15 is 0 Å². The maximum absolute atomic E-state index is 6.25. The number of hydrogen-bond acceptors (Lipinski definition) is 5. The van der Waals surface area contributed by atoms with Crippen LogP contribution in [-0.2, 0) is 23.3 Å². The average molecular weight is 350 g/mol. The molecule has 122 valence electrons. The summed E-state index contributed by atoms with van der Waals surface area (Å²) in [5.74, 6) is 0.835. The van der Waals surface area contributed by atoms with Crippen molar-refractivity contribution in [3.8, 4) is 0 Å². The van der Waals surface area contributed by atoms with Crippen LogP contribution in [0.25, 0.3) is 0 Å². The largest absolute Gasteiger partial charge is 0.368 e. The van der Waals surface area contributed by atoms with Crippen LogP contribution < -0.4 is 0 Å². The van der Waals surface area contributed by atoms with Crippen molar-refractivity contribution in [1.29, 1.82) is 0 Å². The molecule has 2 aliphatic rings. The third-order valence-electron chi connectivity index (χ3n) is 4.89. The number of ether oxygens (including phenoxy) is 1. The molecule has 4 nitrogen and oxygen atoms in total. The molecule has 4 heterocycles. The summed E-state index contributed by atoms with van der Waals surface area (Å²) in [6.45, 7) is 5.68. The molecule has 0 aliphatic carbocycles. The second-order valence-electron chi connectivity index (χ2n) is 6.35. The van der Waals surface area contributed by atoms with Gasteiger partial charge in [-0.2, -0.15) is 0 Å². The van der Waals surface area contributed by atoms with E-state index in [-0.39, 0.29) is 5.60 Å². The average Bonchev–Trinajstić information content (AvgIpc) is 2.96. The number of aromatic nitrogens is 2. The quantitative estimate of drug-likeness (QED) is 0.830. The minimum Gasteiger partial charge on any atom is -0.368 e. The summed E-state index contributed by atoms with van der Waals surface area (Å²) >= 11 is 7.96. The first-order valence-corrected chi connectivity index (χ1v) is 9.33. The summed E-state index contributed by atoms with van der Waals surface area (Å²) in [4.78, 5) is 12.8. The molecule has 0 aromatic carbocycles. The Bertz CT molecular complexity index is 710. The van der Waals surface area contributed by atoms with Gasteiger partial charge in [0.05, 0.1) is 17.3 Å². The number of hydrogen-bond donors (Lipinski definition) is 0. The molecule has 2 aliphatic heterocycles. The Morgan fingerprint density at radius 3 is 2.96 bits per heavy atom. The number of nitrogens with zero attached hydrogens (tertiary/aromatic N) is 3. The molecule has 0 N–H and O–H groups in total. The van der Waals surface area contributed by atoms with Crippen molar-refractivity contribution in [2.75, 3.05) is 19.7 Å². The van der Waals surface area contributed by atoms with Crippen molar-refractivity contribution in [3.63, 3.8) is 0 Å². The van der Waals surface area contributed by atoms with Crippen LogP contribution in [-0.4, -0.2) is 34.6 Å². The molecule has 1 spiro atoms. The van der Waals surface area contributed by atoms with Gasteiger partial charge in [-0.05, 0) is 43.2 Å². The lowest BCUT2D eigenvalue weighted by atomic mass is 9.83. The van der Waals surface area contributed by atoms with E-state index in [9.17, 15) is 0 Å². The highest BCUT2D eigenvalue weighted by molar-refractivity contribution is 7.10. The summed E-state index contributed by atoms with van der Waals surface area (Å²) in [5, 5.41) is 2.95. The van der Waals surface area contributed by atoms with E-state index < -0.39 is 0 Å². The van der Waals surface area contributed by atoms with Crippen LogP contribution in [0.1, 0.15) is 34.8 Å². The fourth-order valence-corrected chi connectivity index (χ4v) is 4.73. The Labute approximate surface area is 145 Å². The molecule has 1 fully saturated rings. The molecule has 0 radical (unpaired) electrons. The summed E-state index contributed by atoms with van der Waals surface area (Å²) in [5.41, 5.74) is 2.18. The number of piperidine rings is 1. The van der Waals surface area contributed by atoms with Gasteiger partial charge >= 0.3 is 0 Å². The van der Waals surface area contributed by atoms with Gasteiger partial charge in [0.2, 0.25) is 0 Å². The van der Waals surface area contributed by atoms with Gasteiger partial charge in [0.25, 0.3) is 0 Å². The lowest BCUT2D eigenvalue weighted by molar-refractivity contribution is -0.102. The predicted molar refractivity (Wildman–Crippen MR) is 91.9 cm³/mol. The maximum Gasteiger partial charge on any atom is 0.125 e. The molecule has 6 heteroatoms. The van der Waals surface area contributed by atoms with Gasteiger partial charge in [-0.1, -0.05) is 11.6 Å². The molecular formula is C17H20ClN3OS. The summed E-state index contributed by atoms with van der Waals surface area (Å²) in [6, 6.07) is 1.98. The number of rotatable bonds is 2. The Balaban J connectivity index is 1.51. The molecular weight excluding hydrogens is 330 g/mol. The van der Waals surface area contributed by atoms with Crippen LogP contribution in [0.2, 0.25) is 5.02 Å². The monoisotopic (exact) mass is 349 g/mol. The SMILES string of the molecule is Cc1ncc2c(n1)C1(CCN(Cc3sccc3Cl)CC1)OCC2. The lowest BCUT2D eigenvalue weighted by Crippen LogP contribution is -2.47. The van der Waals surface area contributed by atoms with E-state index in [1.165, 1.54) is 10.4 Å². The highest BCUT2D eigenvalue weighted by atomic mass is 35.5. The van der Waals surface area contributed by atoms with E-state index in [1.54, 1.807) is 11.3 Å². The minimum absolute atomic E-state index is 0.211. The van der Waals surface area contributed by atoms with Gasteiger partial charge in [-0.15, -0.1) is 11.3 Å². The molecule has 0 bridgehead atoms. The molecule has 1 saturated heterocycles. The number of likely N-dealkylation sites (tertiary alicyclic amines) is 1. The summed E-state index contributed by atoms with van der Waals surface area (Å²) < 4.78 is 6.25. The second kappa shape index (κ2) is 6.13. The normalized spacial score (nSPS) is 20.6. The van der Waals surface area contributed by atoms with Gasteiger partial charge < -0.3 is 4.74 Å². The summed E-state index contributed by atoms with van der Waals surface area (Å²) in [7, 11) is 0. The fourth-order valence-electron chi connectivity index (χ4n) is 3.59. The highest BCUT2D eigenvalue weighted by Crippen LogP contribution is 2.40. The van der Waals surface area contributed by atoms with Crippen molar-refractivity contribution in [3.05, 3.63) is 44.6 Å². The fraction of sp³-hybridized carbons (Fsp3) is 0.529. The minimum atomic E-state index is -0.211. The number of thiophene rings is 1. The van der Waals surface area contributed by atoms with Crippen molar-refractivity contribution in [2.24, 2.45) is 0 Å². The zero-order valence-electron chi connectivity index (χ0n) is 13.2. The van der Waals surface area contributed by atoms with E-state index in [0.717, 1.165) is 62.0 Å². The van der Waals surface area contributed by atoms with Gasteiger partial charge in [-0.3, -0.25) is 4.90 Å². The van der Waals surface area contributed by atoms with Crippen LogP contribution in [0.5, 0.6) is 0 Å². The molecule has 23 heavy (non-hydrogen) atoms. The molecule has 4 rings (SSSR count). The van der Waals surface area contributed by atoms with Crippen LogP contribution in [0, 0.1) is 6.92 Å². The van der Waals surface area contributed by atoms with E-state index in [0.29, 0.717) is 0 Å². The number of halogens is 1. The van der Waals surface area contributed by atoms with E-state index in [2.05, 4.69) is 15.3 Å². The number of aryl methyl sites for hydroxylation is 1. The summed E-state index contributed by atoms with van der Waals surface area (Å²) in [6.07, 6.45) is 4.88. The zero-order valence-corrected chi connectivity index (χ0v) is 14.8. The van der Waals surface area contributed by atoms with Gasteiger partial charge in [0.15, 0.2) is 0 Å². The molecule has 0 saturated carbocycles. The Kier molecular flexibility index (Phi) is 4.13. The van der Waals surface area contributed by atoms with Gasteiger partial charge in [0, 0.05) is 30.7 Å². The third kappa shape index (κ3) is 2.91. The smallest absolute Gasteiger partial charge is 0.125 e. The zero-order chi connectivity index (χ0) is 15.9.